The quantitative estimate of drug-likeness (QED) is 0.735. The van der Waals surface area contributed by atoms with Gasteiger partial charge in [-0.25, -0.2) is 13.5 Å². The molecule has 0 aromatic carbocycles. The van der Waals surface area contributed by atoms with Crippen LogP contribution in [0.3, 0.4) is 0 Å². The van der Waals surface area contributed by atoms with Crippen LogP contribution in [0.25, 0.3) is 0 Å². The maximum absolute atomic E-state index is 13.1. The Balaban J connectivity index is 3.16. The molecule has 0 fully saturated rings. The zero-order chi connectivity index (χ0) is 13.9. The lowest BCUT2D eigenvalue weighted by Gasteiger charge is -2.17. The highest BCUT2D eigenvalue weighted by Crippen LogP contribution is 2.22. The molecular weight excluding hydrogens is 250 g/mol. The van der Waals surface area contributed by atoms with E-state index in [9.17, 15) is 13.6 Å². The van der Waals surface area contributed by atoms with E-state index in [4.69, 9.17) is 15.6 Å². The van der Waals surface area contributed by atoms with E-state index in [-0.39, 0.29) is 11.4 Å². The van der Waals surface area contributed by atoms with Crippen molar-refractivity contribution in [2.24, 2.45) is 5.73 Å². The van der Waals surface area contributed by atoms with Crippen LogP contribution in [0.5, 0.6) is 0 Å². The Hall–Kier alpha value is -1.61. The molecule has 1 aromatic rings. The largest absolute Gasteiger partial charge is 0.390 e. The molecule has 7 nitrogen and oxygen atoms in total. The third kappa shape index (κ3) is 2.99. The molecule has 1 aromatic heterocycles. The van der Waals surface area contributed by atoms with Crippen LogP contribution in [0.2, 0.25) is 0 Å². The maximum Gasteiger partial charge on any atom is 0.289 e. The molecule has 0 aliphatic rings. The van der Waals surface area contributed by atoms with Crippen LogP contribution in [0, 0.1) is 0 Å². The van der Waals surface area contributed by atoms with Crippen LogP contribution in [0.1, 0.15) is 29.2 Å². The number of nitrogens with zero attached hydrogens (tertiary/aromatic N) is 3. The van der Waals surface area contributed by atoms with Gasteiger partial charge in [0.05, 0.1) is 6.10 Å². The van der Waals surface area contributed by atoms with Crippen molar-refractivity contribution >= 4 is 5.91 Å². The van der Waals surface area contributed by atoms with Gasteiger partial charge in [0.2, 0.25) is 0 Å². The zero-order valence-corrected chi connectivity index (χ0v) is 9.93. The molecule has 1 heterocycles. The molecule has 1 atom stereocenters. The summed E-state index contributed by atoms with van der Waals surface area (Å²) >= 11 is 0. The van der Waals surface area contributed by atoms with Gasteiger partial charge in [-0.15, -0.1) is 5.10 Å². The van der Waals surface area contributed by atoms with Gasteiger partial charge in [0.25, 0.3) is 11.8 Å². The van der Waals surface area contributed by atoms with Crippen molar-refractivity contribution in [1.29, 1.82) is 0 Å². The van der Waals surface area contributed by atoms with Gasteiger partial charge in [0.1, 0.15) is 18.8 Å². The Bertz CT molecular complexity index is 435. The average molecular weight is 264 g/mol. The number of ether oxygens (including phenoxy) is 1. The number of hydrogen-bond donors (Lipinski definition) is 2. The van der Waals surface area contributed by atoms with Crippen LogP contribution in [0.4, 0.5) is 8.78 Å². The first-order chi connectivity index (χ1) is 8.32. The van der Waals surface area contributed by atoms with E-state index in [1.165, 1.54) is 7.11 Å². The number of primary amides is 1. The highest BCUT2D eigenvalue weighted by molar-refractivity contribution is 5.91. The predicted molar refractivity (Wildman–Crippen MR) is 56.0 cm³/mol. The molecule has 1 amide bonds. The van der Waals surface area contributed by atoms with E-state index in [1.54, 1.807) is 6.92 Å². The molecule has 0 saturated carbocycles. The number of rotatable bonds is 6. The van der Waals surface area contributed by atoms with E-state index < -0.39 is 31.1 Å². The summed E-state index contributed by atoms with van der Waals surface area (Å²) in [6, 6.07) is 0. The highest BCUT2D eigenvalue weighted by atomic mass is 19.3. The van der Waals surface area contributed by atoms with Crippen LogP contribution in [-0.4, -0.2) is 45.6 Å². The zero-order valence-electron chi connectivity index (χ0n) is 9.93. The molecule has 0 aliphatic heterocycles. The fourth-order valence-corrected chi connectivity index (χ4v) is 1.40. The third-order valence-electron chi connectivity index (χ3n) is 2.36. The number of alkyl halides is 2. The summed E-state index contributed by atoms with van der Waals surface area (Å²) < 4.78 is 32.0. The number of methoxy groups -OCH3 is 1. The van der Waals surface area contributed by atoms with Crippen molar-refractivity contribution in [2.45, 2.75) is 25.5 Å². The van der Waals surface area contributed by atoms with Gasteiger partial charge in [0.15, 0.2) is 5.69 Å². The lowest BCUT2D eigenvalue weighted by atomic mass is 10.2. The lowest BCUT2D eigenvalue weighted by molar-refractivity contribution is -0.0671. The van der Waals surface area contributed by atoms with Gasteiger partial charge < -0.3 is 15.6 Å². The highest BCUT2D eigenvalue weighted by Gasteiger charge is 2.32. The number of amides is 1. The number of aromatic nitrogens is 3. The minimum atomic E-state index is -3.37. The fourth-order valence-electron chi connectivity index (χ4n) is 1.40. The van der Waals surface area contributed by atoms with Gasteiger partial charge in [-0.05, 0) is 6.92 Å². The first-order valence-corrected chi connectivity index (χ1v) is 5.07. The Morgan fingerprint density at radius 1 is 1.67 bits per heavy atom. The van der Waals surface area contributed by atoms with Gasteiger partial charge in [0, 0.05) is 7.11 Å². The van der Waals surface area contributed by atoms with E-state index in [0.29, 0.717) is 0 Å². The van der Waals surface area contributed by atoms with Crippen LogP contribution in [-0.2, 0) is 11.3 Å². The van der Waals surface area contributed by atoms with Gasteiger partial charge in [-0.2, -0.15) is 0 Å². The summed E-state index contributed by atoms with van der Waals surface area (Å²) in [4.78, 5) is 11.1. The van der Waals surface area contributed by atoms with E-state index in [1.807, 2.05) is 0 Å². The molecule has 0 bridgehead atoms. The minimum Gasteiger partial charge on any atom is -0.390 e. The molecule has 9 heteroatoms. The average Bonchev–Trinajstić information content (AvgIpc) is 2.71. The lowest BCUT2D eigenvalue weighted by Crippen LogP contribution is -2.30. The third-order valence-corrected chi connectivity index (χ3v) is 2.36. The van der Waals surface area contributed by atoms with Gasteiger partial charge in [-0.1, -0.05) is 5.21 Å². The van der Waals surface area contributed by atoms with Gasteiger partial charge >= 0.3 is 0 Å². The number of aliphatic hydroxyl groups excluding tert-OH is 1. The predicted octanol–water partition coefficient (Wildman–Crippen LogP) is -0.288. The summed E-state index contributed by atoms with van der Waals surface area (Å²) in [5.41, 5.74) is 4.90. The Labute approximate surface area is 102 Å². The summed E-state index contributed by atoms with van der Waals surface area (Å²) in [6.07, 6.45) is -0.683. The maximum atomic E-state index is 13.1. The smallest absolute Gasteiger partial charge is 0.289 e. The number of aliphatic hydroxyl groups is 1. The van der Waals surface area contributed by atoms with Crippen molar-refractivity contribution in [1.82, 2.24) is 15.0 Å². The summed E-state index contributed by atoms with van der Waals surface area (Å²) in [6.45, 7) is -0.703. The Morgan fingerprint density at radius 2 is 2.28 bits per heavy atom. The standard InChI is InChI=1S/C9H14F2N4O3/c1-5(18-2)7-6(8(12)17)13-14-15(7)3-9(10,11)4-16/h5,16H,3-4H2,1-2H3,(H2,12,17). The van der Waals surface area contributed by atoms with E-state index in [0.717, 1.165) is 4.68 Å². The van der Waals surface area contributed by atoms with Crippen molar-refractivity contribution in [3.8, 4) is 0 Å². The molecule has 1 unspecified atom stereocenters. The molecule has 102 valence electrons. The summed E-state index contributed by atoms with van der Waals surface area (Å²) in [5.74, 6) is -4.25. The minimum absolute atomic E-state index is 0.0538. The molecule has 3 N–H and O–H groups in total. The van der Waals surface area contributed by atoms with Crippen LogP contribution >= 0.6 is 0 Å². The van der Waals surface area contributed by atoms with Gasteiger partial charge in [-0.3, -0.25) is 4.79 Å². The second-order valence-electron chi connectivity index (χ2n) is 3.74. The first-order valence-electron chi connectivity index (χ1n) is 5.07. The number of nitrogens with two attached hydrogens (primary N) is 1. The normalized spacial score (nSPS) is 13.6. The number of halogens is 2. The van der Waals surface area contributed by atoms with Crippen molar-refractivity contribution < 1.29 is 23.4 Å². The number of carbonyl (C=O) groups is 1. The fraction of sp³-hybridized carbons (Fsp3) is 0.667. The molecule has 0 saturated heterocycles. The van der Waals surface area contributed by atoms with Crippen molar-refractivity contribution in [3.05, 3.63) is 11.4 Å². The van der Waals surface area contributed by atoms with Crippen molar-refractivity contribution in [2.75, 3.05) is 13.7 Å². The molecule has 0 aliphatic carbocycles. The molecule has 1 rings (SSSR count). The van der Waals surface area contributed by atoms with Crippen molar-refractivity contribution in [3.63, 3.8) is 0 Å². The molecular formula is C9H14F2N4O3. The number of hydrogen-bond acceptors (Lipinski definition) is 5. The second-order valence-corrected chi connectivity index (χ2v) is 3.74. The van der Waals surface area contributed by atoms with Crippen LogP contribution < -0.4 is 5.73 Å². The number of carbonyl (C=O) groups excluding carboxylic acids is 1. The van der Waals surface area contributed by atoms with E-state index >= 15 is 0 Å². The molecule has 0 spiro atoms. The topological polar surface area (TPSA) is 103 Å². The summed E-state index contributed by atoms with van der Waals surface area (Å²) in [5, 5.41) is 15.4. The molecule has 18 heavy (non-hydrogen) atoms. The Kier molecular flexibility index (Phi) is 4.30. The first kappa shape index (κ1) is 14.5. The SMILES string of the molecule is COC(C)c1c(C(N)=O)nnn1CC(F)(F)CO. The Morgan fingerprint density at radius 3 is 2.72 bits per heavy atom. The monoisotopic (exact) mass is 264 g/mol. The van der Waals surface area contributed by atoms with E-state index in [2.05, 4.69) is 10.3 Å². The second kappa shape index (κ2) is 5.36. The summed E-state index contributed by atoms with van der Waals surface area (Å²) in [7, 11) is 1.34. The molecule has 0 radical (unpaired) electrons. The van der Waals surface area contributed by atoms with Crippen LogP contribution in [0.15, 0.2) is 0 Å².